The molecule has 3 atom stereocenters. The Hall–Kier alpha value is -1.10. The molecule has 0 heterocycles. The van der Waals surface area contributed by atoms with E-state index in [0.29, 0.717) is 25.2 Å². The van der Waals surface area contributed by atoms with E-state index in [-0.39, 0.29) is 17.7 Å². The van der Waals surface area contributed by atoms with Gasteiger partial charge in [0.25, 0.3) is 0 Å². The van der Waals surface area contributed by atoms with Crippen LogP contribution in [-0.2, 0) is 14.3 Å². The summed E-state index contributed by atoms with van der Waals surface area (Å²) in [4.78, 5) is 23.2. The van der Waals surface area contributed by atoms with Crippen molar-refractivity contribution in [1.29, 1.82) is 0 Å². The molecule has 2 amide bonds. The molecule has 0 aromatic carbocycles. The molecule has 5 heteroatoms. The standard InChI is InChI=1S/C16H30N2O3/c1-11(2)15(18-13(4)19)16(20)17-9-10-21-14-8-6-5-7-12(14)3/h11-12,14-15H,5-10H2,1-4H3,(H,17,20)(H,18,19)/t12-,14+,15+/m1/s1. The Morgan fingerprint density at radius 2 is 1.90 bits per heavy atom. The fourth-order valence-corrected chi connectivity index (χ4v) is 2.78. The predicted molar refractivity (Wildman–Crippen MR) is 82.8 cm³/mol. The van der Waals surface area contributed by atoms with E-state index in [4.69, 9.17) is 4.74 Å². The predicted octanol–water partition coefficient (Wildman–Crippen LogP) is 1.86. The molecular formula is C16H30N2O3. The maximum Gasteiger partial charge on any atom is 0.242 e. The highest BCUT2D eigenvalue weighted by molar-refractivity contribution is 5.86. The van der Waals surface area contributed by atoms with Gasteiger partial charge < -0.3 is 15.4 Å². The van der Waals surface area contributed by atoms with E-state index in [1.807, 2.05) is 13.8 Å². The molecular weight excluding hydrogens is 268 g/mol. The highest BCUT2D eigenvalue weighted by atomic mass is 16.5. The number of amides is 2. The van der Waals surface area contributed by atoms with Crippen LogP contribution in [0.4, 0.5) is 0 Å². The normalized spacial score (nSPS) is 23.7. The van der Waals surface area contributed by atoms with Crippen LogP contribution in [0.1, 0.15) is 53.4 Å². The van der Waals surface area contributed by atoms with Crippen LogP contribution in [0.2, 0.25) is 0 Å². The average molecular weight is 298 g/mol. The van der Waals surface area contributed by atoms with Crippen molar-refractivity contribution in [3.63, 3.8) is 0 Å². The lowest BCUT2D eigenvalue weighted by atomic mass is 9.88. The zero-order chi connectivity index (χ0) is 15.8. The van der Waals surface area contributed by atoms with Crippen molar-refractivity contribution in [3.05, 3.63) is 0 Å². The number of rotatable bonds is 7. The van der Waals surface area contributed by atoms with Gasteiger partial charge in [0.05, 0.1) is 12.7 Å². The molecule has 0 aromatic rings. The van der Waals surface area contributed by atoms with Crippen molar-refractivity contribution in [3.8, 4) is 0 Å². The quantitative estimate of drug-likeness (QED) is 0.705. The third kappa shape index (κ3) is 6.46. The summed E-state index contributed by atoms with van der Waals surface area (Å²) in [5.41, 5.74) is 0. The summed E-state index contributed by atoms with van der Waals surface area (Å²) in [7, 11) is 0. The van der Waals surface area contributed by atoms with Gasteiger partial charge in [-0.15, -0.1) is 0 Å². The van der Waals surface area contributed by atoms with Crippen LogP contribution >= 0.6 is 0 Å². The van der Waals surface area contributed by atoms with Crippen LogP contribution in [0.15, 0.2) is 0 Å². The largest absolute Gasteiger partial charge is 0.376 e. The van der Waals surface area contributed by atoms with Gasteiger partial charge in [-0.2, -0.15) is 0 Å². The molecule has 1 fully saturated rings. The van der Waals surface area contributed by atoms with Crippen molar-refractivity contribution in [2.24, 2.45) is 11.8 Å². The molecule has 1 aliphatic carbocycles. The number of ether oxygens (including phenoxy) is 1. The molecule has 1 rings (SSSR count). The van der Waals surface area contributed by atoms with Gasteiger partial charge in [-0.1, -0.05) is 33.6 Å². The Bertz CT molecular complexity index is 344. The molecule has 5 nitrogen and oxygen atoms in total. The van der Waals surface area contributed by atoms with Crippen molar-refractivity contribution < 1.29 is 14.3 Å². The number of hydrogen-bond donors (Lipinski definition) is 2. The fraction of sp³-hybridized carbons (Fsp3) is 0.875. The van der Waals surface area contributed by atoms with Gasteiger partial charge in [0.1, 0.15) is 6.04 Å². The number of carbonyl (C=O) groups excluding carboxylic acids is 2. The summed E-state index contributed by atoms with van der Waals surface area (Å²) in [6.45, 7) is 8.52. The van der Waals surface area contributed by atoms with Crippen LogP contribution in [0, 0.1) is 11.8 Å². The summed E-state index contributed by atoms with van der Waals surface area (Å²) < 4.78 is 5.86. The zero-order valence-corrected chi connectivity index (χ0v) is 13.8. The Labute approximate surface area is 128 Å². The van der Waals surface area contributed by atoms with Crippen molar-refractivity contribution in [2.75, 3.05) is 13.2 Å². The van der Waals surface area contributed by atoms with Gasteiger partial charge in [0.2, 0.25) is 11.8 Å². The van der Waals surface area contributed by atoms with Gasteiger partial charge in [-0.3, -0.25) is 9.59 Å². The first-order valence-electron chi connectivity index (χ1n) is 8.08. The summed E-state index contributed by atoms with van der Waals surface area (Å²) in [6.07, 6.45) is 5.21. The lowest BCUT2D eigenvalue weighted by Gasteiger charge is -2.29. The summed E-state index contributed by atoms with van der Waals surface area (Å²) in [6, 6.07) is -0.476. The molecule has 2 N–H and O–H groups in total. The van der Waals surface area contributed by atoms with Gasteiger partial charge >= 0.3 is 0 Å². The fourth-order valence-electron chi connectivity index (χ4n) is 2.78. The Morgan fingerprint density at radius 1 is 1.24 bits per heavy atom. The smallest absolute Gasteiger partial charge is 0.242 e. The zero-order valence-electron chi connectivity index (χ0n) is 13.8. The van der Waals surface area contributed by atoms with Crippen LogP contribution in [0.25, 0.3) is 0 Å². The van der Waals surface area contributed by atoms with Crippen molar-refractivity contribution in [1.82, 2.24) is 10.6 Å². The molecule has 0 aliphatic heterocycles. The Kier molecular flexibility index (Phi) is 7.72. The minimum Gasteiger partial charge on any atom is -0.376 e. The molecule has 0 saturated heterocycles. The topological polar surface area (TPSA) is 67.4 Å². The van der Waals surface area contributed by atoms with E-state index < -0.39 is 6.04 Å². The molecule has 1 aliphatic rings. The van der Waals surface area contributed by atoms with E-state index in [1.165, 1.54) is 26.2 Å². The molecule has 0 spiro atoms. The lowest BCUT2D eigenvalue weighted by Crippen LogP contribution is -2.49. The lowest BCUT2D eigenvalue weighted by molar-refractivity contribution is -0.129. The van der Waals surface area contributed by atoms with Gasteiger partial charge in [-0.25, -0.2) is 0 Å². The molecule has 21 heavy (non-hydrogen) atoms. The maximum absolute atomic E-state index is 12.1. The SMILES string of the molecule is CC(=O)N[C@H](C(=O)NCCO[C@H]1CCCC[C@H]1C)C(C)C. The van der Waals surface area contributed by atoms with E-state index in [0.717, 1.165) is 6.42 Å². The second-order valence-corrected chi connectivity index (χ2v) is 6.38. The van der Waals surface area contributed by atoms with E-state index in [1.54, 1.807) is 0 Å². The molecule has 0 bridgehead atoms. The highest BCUT2D eigenvalue weighted by Crippen LogP contribution is 2.25. The maximum atomic E-state index is 12.1. The van der Waals surface area contributed by atoms with Crippen LogP contribution in [-0.4, -0.2) is 37.1 Å². The molecule has 0 aromatic heterocycles. The summed E-state index contributed by atoms with van der Waals surface area (Å²) >= 11 is 0. The minimum atomic E-state index is -0.476. The first kappa shape index (κ1) is 18.0. The van der Waals surface area contributed by atoms with E-state index >= 15 is 0 Å². The summed E-state index contributed by atoms with van der Waals surface area (Å²) in [5.74, 6) is 0.349. The van der Waals surface area contributed by atoms with E-state index in [9.17, 15) is 9.59 Å². The highest BCUT2D eigenvalue weighted by Gasteiger charge is 2.23. The van der Waals surface area contributed by atoms with Gasteiger partial charge in [-0.05, 0) is 24.7 Å². The first-order chi connectivity index (χ1) is 9.91. The molecule has 0 unspecified atom stereocenters. The number of carbonyl (C=O) groups is 2. The van der Waals surface area contributed by atoms with Gasteiger partial charge in [0.15, 0.2) is 0 Å². The first-order valence-corrected chi connectivity index (χ1v) is 8.08. The number of nitrogens with one attached hydrogen (secondary N) is 2. The second kappa shape index (κ2) is 9.03. The van der Waals surface area contributed by atoms with Crippen molar-refractivity contribution >= 4 is 11.8 Å². The third-order valence-electron chi connectivity index (χ3n) is 4.07. The second-order valence-electron chi connectivity index (χ2n) is 6.38. The van der Waals surface area contributed by atoms with Crippen LogP contribution < -0.4 is 10.6 Å². The van der Waals surface area contributed by atoms with Crippen LogP contribution in [0.5, 0.6) is 0 Å². The summed E-state index contributed by atoms with van der Waals surface area (Å²) in [5, 5.41) is 5.53. The molecule has 0 radical (unpaired) electrons. The monoisotopic (exact) mass is 298 g/mol. The third-order valence-corrected chi connectivity index (χ3v) is 4.07. The number of hydrogen-bond acceptors (Lipinski definition) is 3. The van der Waals surface area contributed by atoms with Gasteiger partial charge in [0, 0.05) is 13.5 Å². The molecule has 122 valence electrons. The Morgan fingerprint density at radius 3 is 2.48 bits per heavy atom. The average Bonchev–Trinajstić information content (AvgIpc) is 2.42. The van der Waals surface area contributed by atoms with E-state index in [2.05, 4.69) is 17.6 Å². The van der Waals surface area contributed by atoms with Crippen LogP contribution in [0.3, 0.4) is 0 Å². The minimum absolute atomic E-state index is 0.0631. The van der Waals surface area contributed by atoms with Crippen molar-refractivity contribution in [2.45, 2.75) is 65.5 Å². The Balaban J connectivity index is 2.26. The molecule has 1 saturated carbocycles.